The van der Waals surface area contributed by atoms with Crippen LogP contribution in [0.5, 0.6) is 0 Å². The number of hydrogen-bond donors (Lipinski definition) is 1. The Balaban J connectivity index is 1.43. The summed E-state index contributed by atoms with van der Waals surface area (Å²) >= 11 is 0. The molecule has 3 heterocycles. The fourth-order valence-electron chi connectivity index (χ4n) is 4.95. The molecule has 0 bridgehead atoms. The van der Waals surface area contributed by atoms with Gasteiger partial charge in [-0.1, -0.05) is 12.1 Å². The molecule has 2 fully saturated rings. The van der Waals surface area contributed by atoms with Crippen molar-refractivity contribution in [3.05, 3.63) is 48.0 Å². The standard InChI is InChI=1S/C23H35N5O/c1-19-4-3-5-21(16-19)28-12-9-24-23(28)18-26-13-14-27(22(17-26)8-15-29)20-6-10-25(2)11-7-20/h3-5,9,12,16,20,22,29H,6-8,10-11,13-15,17-18H2,1-2H3/t22-/m1/s1. The Kier molecular flexibility index (Phi) is 6.65. The Morgan fingerprint density at radius 1 is 1.14 bits per heavy atom. The molecule has 0 saturated carbocycles. The first-order chi connectivity index (χ1) is 14.1. The maximum atomic E-state index is 9.67. The molecule has 2 aliphatic rings. The summed E-state index contributed by atoms with van der Waals surface area (Å²) < 4.78 is 2.21. The van der Waals surface area contributed by atoms with E-state index in [2.05, 4.69) is 68.7 Å². The number of piperazine rings is 1. The number of hydrogen-bond acceptors (Lipinski definition) is 5. The topological polar surface area (TPSA) is 47.8 Å². The molecule has 6 nitrogen and oxygen atoms in total. The van der Waals surface area contributed by atoms with E-state index in [1.165, 1.54) is 37.2 Å². The minimum atomic E-state index is 0.263. The van der Waals surface area contributed by atoms with Gasteiger partial charge in [-0.05, 0) is 64.0 Å². The summed E-state index contributed by atoms with van der Waals surface area (Å²) in [6.07, 6.45) is 7.31. The Bertz CT molecular complexity index is 783. The number of aliphatic hydroxyl groups excluding tert-OH is 1. The van der Waals surface area contributed by atoms with Crippen LogP contribution < -0.4 is 0 Å². The van der Waals surface area contributed by atoms with Gasteiger partial charge in [0.25, 0.3) is 0 Å². The molecule has 6 heteroatoms. The molecule has 1 atom stereocenters. The van der Waals surface area contributed by atoms with E-state index in [9.17, 15) is 5.11 Å². The van der Waals surface area contributed by atoms with E-state index in [-0.39, 0.29) is 6.61 Å². The monoisotopic (exact) mass is 397 g/mol. The van der Waals surface area contributed by atoms with Crippen LogP contribution in [0.1, 0.15) is 30.7 Å². The number of rotatable bonds is 6. The van der Waals surface area contributed by atoms with Crippen LogP contribution in [0.3, 0.4) is 0 Å². The molecule has 0 unspecified atom stereocenters. The smallest absolute Gasteiger partial charge is 0.127 e. The van der Waals surface area contributed by atoms with Gasteiger partial charge in [-0.25, -0.2) is 4.98 Å². The highest BCUT2D eigenvalue weighted by atomic mass is 16.3. The molecule has 0 spiro atoms. The fourth-order valence-corrected chi connectivity index (χ4v) is 4.95. The van der Waals surface area contributed by atoms with E-state index in [0.29, 0.717) is 12.1 Å². The van der Waals surface area contributed by atoms with Gasteiger partial charge in [0.2, 0.25) is 0 Å². The van der Waals surface area contributed by atoms with Crippen molar-refractivity contribution in [3.63, 3.8) is 0 Å². The molecule has 1 N–H and O–H groups in total. The number of aromatic nitrogens is 2. The van der Waals surface area contributed by atoms with Gasteiger partial charge < -0.3 is 14.6 Å². The summed E-state index contributed by atoms with van der Waals surface area (Å²) in [5.41, 5.74) is 2.44. The molecule has 2 saturated heterocycles. The molecule has 158 valence electrons. The van der Waals surface area contributed by atoms with Crippen LogP contribution in [0.15, 0.2) is 36.7 Å². The SMILES string of the molecule is Cc1cccc(-n2ccnc2CN2CCN(C3CCN(C)CC3)[C@H](CCO)C2)c1. The zero-order valence-electron chi connectivity index (χ0n) is 17.9. The summed E-state index contributed by atoms with van der Waals surface area (Å²) in [5, 5.41) is 9.67. The van der Waals surface area contributed by atoms with Gasteiger partial charge in [0, 0.05) is 56.4 Å². The summed E-state index contributed by atoms with van der Waals surface area (Å²) in [7, 11) is 2.22. The lowest BCUT2D eigenvalue weighted by Crippen LogP contribution is -2.58. The quantitative estimate of drug-likeness (QED) is 0.809. The molecule has 1 aromatic heterocycles. The molecule has 4 rings (SSSR count). The van der Waals surface area contributed by atoms with Crippen molar-refractivity contribution in [2.24, 2.45) is 0 Å². The first-order valence-electron chi connectivity index (χ1n) is 11.0. The second-order valence-corrected chi connectivity index (χ2v) is 8.73. The third-order valence-corrected chi connectivity index (χ3v) is 6.59. The van der Waals surface area contributed by atoms with Crippen molar-refractivity contribution < 1.29 is 5.11 Å². The average Bonchev–Trinajstić information content (AvgIpc) is 3.17. The second kappa shape index (κ2) is 9.39. The summed E-state index contributed by atoms with van der Waals surface area (Å²) in [5.74, 6) is 1.09. The zero-order valence-corrected chi connectivity index (χ0v) is 17.9. The van der Waals surface area contributed by atoms with E-state index in [4.69, 9.17) is 0 Å². The van der Waals surface area contributed by atoms with Gasteiger partial charge >= 0.3 is 0 Å². The van der Waals surface area contributed by atoms with Gasteiger partial charge in [0.05, 0.1) is 6.54 Å². The minimum Gasteiger partial charge on any atom is -0.396 e. The van der Waals surface area contributed by atoms with Crippen molar-refractivity contribution in [2.45, 2.75) is 44.8 Å². The molecule has 2 aliphatic heterocycles. The highest BCUT2D eigenvalue weighted by molar-refractivity contribution is 5.36. The predicted octanol–water partition coefficient (Wildman–Crippen LogP) is 2.14. The number of benzene rings is 1. The Labute approximate surface area is 174 Å². The number of imidazole rings is 1. The number of aliphatic hydroxyl groups is 1. The molecular weight excluding hydrogens is 362 g/mol. The summed E-state index contributed by atoms with van der Waals surface area (Å²) in [6.45, 7) is 8.77. The van der Waals surface area contributed by atoms with Gasteiger partial charge in [-0.2, -0.15) is 0 Å². The lowest BCUT2D eigenvalue weighted by molar-refractivity contribution is 0.00516. The van der Waals surface area contributed by atoms with Crippen LogP contribution in [-0.4, -0.2) is 87.8 Å². The van der Waals surface area contributed by atoms with Crippen LogP contribution in [-0.2, 0) is 6.54 Å². The van der Waals surface area contributed by atoms with Gasteiger partial charge in [-0.3, -0.25) is 9.80 Å². The molecule has 29 heavy (non-hydrogen) atoms. The Hall–Kier alpha value is -1.73. The third kappa shape index (κ3) is 4.89. The lowest BCUT2D eigenvalue weighted by Gasteiger charge is -2.47. The minimum absolute atomic E-state index is 0.263. The maximum Gasteiger partial charge on any atom is 0.127 e. The highest BCUT2D eigenvalue weighted by Crippen LogP contribution is 2.24. The van der Waals surface area contributed by atoms with Crippen molar-refractivity contribution in [2.75, 3.05) is 46.4 Å². The van der Waals surface area contributed by atoms with Gasteiger partial charge in [-0.15, -0.1) is 0 Å². The van der Waals surface area contributed by atoms with Crippen molar-refractivity contribution in [3.8, 4) is 5.69 Å². The molecule has 0 amide bonds. The molecule has 0 aliphatic carbocycles. The third-order valence-electron chi connectivity index (χ3n) is 6.59. The van der Waals surface area contributed by atoms with Crippen LogP contribution in [0.2, 0.25) is 0 Å². The molecule has 0 radical (unpaired) electrons. The van der Waals surface area contributed by atoms with Gasteiger partial charge in [0.15, 0.2) is 0 Å². The second-order valence-electron chi connectivity index (χ2n) is 8.73. The van der Waals surface area contributed by atoms with Crippen LogP contribution in [0.25, 0.3) is 5.69 Å². The van der Waals surface area contributed by atoms with Crippen LogP contribution >= 0.6 is 0 Å². The number of nitrogens with zero attached hydrogens (tertiary/aromatic N) is 5. The van der Waals surface area contributed by atoms with E-state index < -0.39 is 0 Å². The van der Waals surface area contributed by atoms with Crippen molar-refractivity contribution in [1.82, 2.24) is 24.3 Å². The fraction of sp³-hybridized carbons (Fsp3) is 0.609. The molecule has 2 aromatic rings. The Morgan fingerprint density at radius 3 is 2.72 bits per heavy atom. The van der Waals surface area contributed by atoms with Crippen molar-refractivity contribution in [1.29, 1.82) is 0 Å². The summed E-state index contributed by atoms with van der Waals surface area (Å²) in [6, 6.07) is 9.68. The van der Waals surface area contributed by atoms with Crippen molar-refractivity contribution >= 4 is 0 Å². The van der Waals surface area contributed by atoms with Gasteiger partial charge in [0.1, 0.15) is 5.82 Å². The van der Waals surface area contributed by atoms with E-state index in [0.717, 1.165) is 38.4 Å². The average molecular weight is 398 g/mol. The summed E-state index contributed by atoms with van der Waals surface area (Å²) in [4.78, 5) is 12.3. The van der Waals surface area contributed by atoms with Crippen LogP contribution in [0, 0.1) is 6.92 Å². The lowest BCUT2D eigenvalue weighted by atomic mass is 9.98. The van der Waals surface area contributed by atoms with E-state index >= 15 is 0 Å². The largest absolute Gasteiger partial charge is 0.396 e. The van der Waals surface area contributed by atoms with E-state index in [1.807, 2.05) is 6.20 Å². The normalized spacial score (nSPS) is 22.9. The van der Waals surface area contributed by atoms with E-state index in [1.54, 1.807) is 0 Å². The maximum absolute atomic E-state index is 9.67. The first kappa shape index (κ1) is 20.5. The van der Waals surface area contributed by atoms with Crippen LogP contribution in [0.4, 0.5) is 0 Å². The molecular formula is C23H35N5O. The number of piperidine rings is 1. The zero-order chi connectivity index (χ0) is 20.2. The number of aryl methyl sites for hydroxylation is 1. The highest BCUT2D eigenvalue weighted by Gasteiger charge is 2.33. The number of likely N-dealkylation sites (tertiary alicyclic amines) is 1. The predicted molar refractivity (Wildman–Crippen MR) is 116 cm³/mol. The first-order valence-corrected chi connectivity index (χ1v) is 11.0. The Morgan fingerprint density at radius 2 is 1.97 bits per heavy atom. The molecule has 1 aromatic carbocycles.